The molecule has 24 heavy (non-hydrogen) atoms. The summed E-state index contributed by atoms with van der Waals surface area (Å²) in [5.41, 5.74) is -0.956. The molecular weight excluding hydrogens is 332 g/mol. The largest absolute Gasteiger partial charge is 0.479 e. The topological polar surface area (TPSA) is 76.1 Å². The fourth-order valence-electron chi connectivity index (χ4n) is 2.84. The number of hydrogen-bond acceptors (Lipinski definition) is 4. The minimum atomic E-state index is -0.956. The van der Waals surface area contributed by atoms with Crippen molar-refractivity contribution < 1.29 is 24.2 Å². The molecule has 1 heterocycles. The predicted molar refractivity (Wildman–Crippen MR) is 90.3 cm³/mol. The maximum atomic E-state index is 11.7. The molecule has 1 fully saturated rings. The quantitative estimate of drug-likeness (QED) is 0.294. The summed E-state index contributed by atoms with van der Waals surface area (Å²) in [6.45, 7) is 1.93. The second-order valence-corrected chi connectivity index (χ2v) is 6.49. The van der Waals surface area contributed by atoms with Crippen molar-refractivity contribution in [3.63, 3.8) is 0 Å². The van der Waals surface area contributed by atoms with Gasteiger partial charge in [0.2, 0.25) is 0 Å². The number of hydrogen-bond donors (Lipinski definition) is 1. The van der Waals surface area contributed by atoms with Gasteiger partial charge in [0.25, 0.3) is 0 Å². The van der Waals surface area contributed by atoms with Gasteiger partial charge in [-0.3, -0.25) is 4.79 Å². The molecule has 2 atom stereocenters. The lowest BCUT2D eigenvalue weighted by Gasteiger charge is -2.07. The van der Waals surface area contributed by atoms with Crippen LogP contribution >= 0.6 is 11.6 Å². The number of unbranched alkanes of at least 4 members (excludes halogenated alkanes) is 3. The third-order valence-electron chi connectivity index (χ3n) is 4.27. The van der Waals surface area contributed by atoms with Gasteiger partial charge in [0.1, 0.15) is 5.75 Å². The summed E-state index contributed by atoms with van der Waals surface area (Å²) in [6.07, 6.45) is 4.72. The zero-order chi connectivity index (χ0) is 17.6. The van der Waals surface area contributed by atoms with Crippen molar-refractivity contribution in [1.82, 2.24) is 0 Å². The van der Waals surface area contributed by atoms with Crippen LogP contribution in [0.5, 0.6) is 5.75 Å². The SMILES string of the molecule is CCC1OC1(CCCCCCC(=O)Oc1ccc(Cl)cc1)C(=O)O. The van der Waals surface area contributed by atoms with E-state index < -0.39 is 11.6 Å². The molecule has 1 aromatic rings. The maximum Gasteiger partial charge on any atom is 0.338 e. The molecule has 0 aliphatic carbocycles. The molecule has 0 bridgehead atoms. The van der Waals surface area contributed by atoms with E-state index in [1.165, 1.54) is 0 Å². The van der Waals surface area contributed by atoms with E-state index in [4.69, 9.17) is 21.1 Å². The lowest BCUT2D eigenvalue weighted by Crippen LogP contribution is -2.26. The van der Waals surface area contributed by atoms with Crippen LogP contribution in [0.2, 0.25) is 5.02 Å². The molecular formula is C18H23ClO5. The number of aliphatic carboxylic acids is 1. The summed E-state index contributed by atoms with van der Waals surface area (Å²) in [4.78, 5) is 23.0. The number of halogens is 1. The Morgan fingerprint density at radius 3 is 2.46 bits per heavy atom. The number of carbonyl (C=O) groups excluding carboxylic acids is 1. The van der Waals surface area contributed by atoms with Crippen molar-refractivity contribution in [2.75, 3.05) is 0 Å². The Hall–Kier alpha value is -1.59. The number of benzene rings is 1. The predicted octanol–water partition coefficient (Wildman–Crippen LogP) is 4.22. The lowest BCUT2D eigenvalue weighted by molar-refractivity contribution is -0.143. The highest BCUT2D eigenvalue weighted by Crippen LogP contribution is 2.43. The maximum absolute atomic E-state index is 11.7. The average Bonchev–Trinajstić information content (AvgIpc) is 3.28. The minimum absolute atomic E-state index is 0.149. The third kappa shape index (κ3) is 4.95. The van der Waals surface area contributed by atoms with Crippen molar-refractivity contribution >= 4 is 23.5 Å². The van der Waals surface area contributed by atoms with E-state index in [2.05, 4.69) is 0 Å². The molecule has 1 N–H and O–H groups in total. The number of ether oxygens (including phenoxy) is 2. The first-order valence-corrected chi connectivity index (χ1v) is 8.73. The van der Waals surface area contributed by atoms with Crippen LogP contribution in [0, 0.1) is 0 Å². The second-order valence-electron chi connectivity index (χ2n) is 6.05. The van der Waals surface area contributed by atoms with E-state index >= 15 is 0 Å². The molecule has 1 aliphatic rings. The Labute approximate surface area is 146 Å². The Bertz CT molecular complexity index is 571. The first kappa shape index (κ1) is 18.7. The first-order chi connectivity index (χ1) is 11.5. The molecule has 2 rings (SSSR count). The van der Waals surface area contributed by atoms with Crippen LogP contribution < -0.4 is 4.74 Å². The Morgan fingerprint density at radius 1 is 1.21 bits per heavy atom. The molecule has 132 valence electrons. The highest BCUT2D eigenvalue weighted by Gasteiger charge is 2.61. The summed E-state index contributed by atoms with van der Waals surface area (Å²) >= 11 is 5.77. The van der Waals surface area contributed by atoms with Crippen LogP contribution in [-0.4, -0.2) is 28.8 Å². The van der Waals surface area contributed by atoms with E-state index in [0.29, 0.717) is 23.6 Å². The molecule has 1 aromatic carbocycles. The van der Waals surface area contributed by atoms with Crippen molar-refractivity contribution in [1.29, 1.82) is 0 Å². The molecule has 1 saturated heterocycles. The van der Waals surface area contributed by atoms with Crippen molar-refractivity contribution in [2.24, 2.45) is 0 Å². The molecule has 1 aliphatic heterocycles. The minimum Gasteiger partial charge on any atom is -0.479 e. The fraction of sp³-hybridized carbons (Fsp3) is 0.556. The zero-order valence-corrected chi connectivity index (χ0v) is 14.6. The Morgan fingerprint density at radius 2 is 1.88 bits per heavy atom. The normalized spacial score (nSPS) is 22.2. The number of epoxide rings is 1. The van der Waals surface area contributed by atoms with Crippen LogP contribution in [0.1, 0.15) is 51.9 Å². The molecule has 0 amide bonds. The van der Waals surface area contributed by atoms with E-state index in [9.17, 15) is 14.7 Å². The van der Waals surface area contributed by atoms with Crippen LogP contribution in [-0.2, 0) is 14.3 Å². The molecule has 5 nitrogen and oxygen atoms in total. The Kier molecular flexibility index (Phi) is 6.63. The van der Waals surface area contributed by atoms with Crippen LogP contribution in [0.25, 0.3) is 0 Å². The van der Waals surface area contributed by atoms with Gasteiger partial charge in [0.05, 0.1) is 6.10 Å². The van der Waals surface area contributed by atoms with Gasteiger partial charge in [-0.15, -0.1) is 0 Å². The van der Waals surface area contributed by atoms with Crippen LogP contribution in [0.3, 0.4) is 0 Å². The lowest BCUT2D eigenvalue weighted by atomic mass is 9.96. The standard InChI is InChI=1S/C18H23ClO5/c1-2-15-18(24-15,17(21)22)12-6-4-3-5-7-16(20)23-14-10-8-13(19)9-11-14/h8-11,15H,2-7,12H2,1H3,(H,21,22). The molecule has 0 saturated carbocycles. The van der Waals surface area contributed by atoms with Gasteiger partial charge in [-0.2, -0.15) is 0 Å². The highest BCUT2D eigenvalue weighted by molar-refractivity contribution is 6.30. The number of carboxylic acid groups (broad SMARTS) is 1. The third-order valence-corrected chi connectivity index (χ3v) is 4.52. The molecule has 0 spiro atoms. The van der Waals surface area contributed by atoms with Gasteiger partial charge in [-0.25, -0.2) is 4.79 Å². The van der Waals surface area contributed by atoms with Crippen molar-refractivity contribution in [3.05, 3.63) is 29.3 Å². The number of carbonyl (C=O) groups is 2. The van der Waals surface area contributed by atoms with Gasteiger partial charge in [-0.05, 0) is 49.9 Å². The fourth-order valence-corrected chi connectivity index (χ4v) is 2.97. The summed E-state index contributed by atoms with van der Waals surface area (Å²) in [6, 6.07) is 6.66. The van der Waals surface area contributed by atoms with Gasteiger partial charge in [0.15, 0.2) is 5.60 Å². The molecule has 2 unspecified atom stereocenters. The number of carboxylic acids is 1. The Balaban J connectivity index is 1.57. The van der Waals surface area contributed by atoms with E-state index in [0.717, 1.165) is 32.1 Å². The summed E-state index contributed by atoms with van der Waals surface area (Å²) in [5, 5.41) is 9.84. The van der Waals surface area contributed by atoms with E-state index in [1.807, 2.05) is 6.92 Å². The number of esters is 1. The molecule has 6 heteroatoms. The zero-order valence-electron chi connectivity index (χ0n) is 13.8. The molecule has 0 aromatic heterocycles. The average molecular weight is 355 g/mol. The highest BCUT2D eigenvalue weighted by atomic mass is 35.5. The molecule has 0 radical (unpaired) electrons. The van der Waals surface area contributed by atoms with Crippen molar-refractivity contribution in [3.8, 4) is 5.75 Å². The van der Waals surface area contributed by atoms with Gasteiger partial charge < -0.3 is 14.6 Å². The van der Waals surface area contributed by atoms with Gasteiger partial charge in [-0.1, -0.05) is 31.4 Å². The first-order valence-electron chi connectivity index (χ1n) is 8.35. The summed E-state index contributed by atoms with van der Waals surface area (Å²) < 4.78 is 10.6. The van der Waals surface area contributed by atoms with E-state index in [-0.39, 0.29) is 12.1 Å². The monoisotopic (exact) mass is 354 g/mol. The van der Waals surface area contributed by atoms with Gasteiger partial charge in [0, 0.05) is 11.4 Å². The summed E-state index contributed by atoms with van der Waals surface area (Å²) in [7, 11) is 0. The van der Waals surface area contributed by atoms with Crippen LogP contribution in [0.15, 0.2) is 24.3 Å². The second kappa shape index (κ2) is 8.49. The van der Waals surface area contributed by atoms with Gasteiger partial charge >= 0.3 is 11.9 Å². The smallest absolute Gasteiger partial charge is 0.338 e. The van der Waals surface area contributed by atoms with Crippen LogP contribution in [0.4, 0.5) is 0 Å². The summed E-state index contributed by atoms with van der Waals surface area (Å²) in [5.74, 6) is -0.638. The van der Waals surface area contributed by atoms with Crippen molar-refractivity contribution in [2.45, 2.75) is 63.6 Å². The number of rotatable bonds is 10. The van der Waals surface area contributed by atoms with E-state index in [1.54, 1.807) is 24.3 Å².